The average molecular weight is 337 g/mol. The van der Waals surface area contributed by atoms with Gasteiger partial charge in [-0.2, -0.15) is 13.2 Å². The van der Waals surface area contributed by atoms with Crippen LogP contribution in [0.3, 0.4) is 0 Å². The highest BCUT2D eigenvalue weighted by molar-refractivity contribution is 9.09. The van der Waals surface area contributed by atoms with Crippen LogP contribution >= 0.6 is 15.9 Å². The SMILES string of the molecule is FC(F)(F)c1ccnc(N2CCCC2CCCBr)c1. The van der Waals surface area contributed by atoms with Crippen LogP contribution in [-0.2, 0) is 6.18 Å². The highest BCUT2D eigenvalue weighted by Crippen LogP contribution is 2.33. The van der Waals surface area contributed by atoms with E-state index in [9.17, 15) is 13.2 Å². The molecule has 19 heavy (non-hydrogen) atoms. The molecule has 1 saturated heterocycles. The minimum Gasteiger partial charge on any atom is -0.354 e. The van der Waals surface area contributed by atoms with Crippen molar-refractivity contribution in [2.75, 3.05) is 16.8 Å². The van der Waals surface area contributed by atoms with Crippen LogP contribution in [0.2, 0.25) is 0 Å². The van der Waals surface area contributed by atoms with Gasteiger partial charge in [0.15, 0.2) is 0 Å². The molecule has 0 radical (unpaired) electrons. The van der Waals surface area contributed by atoms with Crippen molar-refractivity contribution in [3.63, 3.8) is 0 Å². The number of alkyl halides is 4. The van der Waals surface area contributed by atoms with Gasteiger partial charge >= 0.3 is 6.18 Å². The van der Waals surface area contributed by atoms with Crippen LogP contribution in [0.25, 0.3) is 0 Å². The van der Waals surface area contributed by atoms with Gasteiger partial charge in [0.05, 0.1) is 5.56 Å². The van der Waals surface area contributed by atoms with Crippen LogP contribution in [0.1, 0.15) is 31.2 Å². The predicted octanol–water partition coefficient (Wildman–Crippen LogP) is 4.24. The van der Waals surface area contributed by atoms with Gasteiger partial charge in [-0.05, 0) is 37.8 Å². The Morgan fingerprint density at radius 2 is 2.21 bits per heavy atom. The van der Waals surface area contributed by atoms with Crippen molar-refractivity contribution in [2.45, 2.75) is 37.9 Å². The minimum absolute atomic E-state index is 0.313. The second-order valence-corrected chi connectivity index (χ2v) is 5.51. The smallest absolute Gasteiger partial charge is 0.354 e. The minimum atomic E-state index is -4.30. The van der Waals surface area contributed by atoms with Crippen LogP contribution < -0.4 is 4.90 Å². The Kier molecular flexibility index (Phi) is 4.71. The Labute approximate surface area is 119 Å². The Balaban J connectivity index is 2.16. The predicted molar refractivity (Wildman–Crippen MR) is 72.6 cm³/mol. The zero-order valence-electron chi connectivity index (χ0n) is 10.5. The van der Waals surface area contributed by atoms with Crippen LogP contribution in [0, 0.1) is 0 Å². The Morgan fingerprint density at radius 1 is 1.42 bits per heavy atom. The van der Waals surface area contributed by atoms with Gasteiger partial charge in [0, 0.05) is 24.1 Å². The van der Waals surface area contributed by atoms with E-state index in [0.717, 1.165) is 49.7 Å². The molecule has 1 atom stereocenters. The molecule has 2 heterocycles. The third-order valence-corrected chi connectivity index (χ3v) is 3.98. The summed E-state index contributed by atoms with van der Waals surface area (Å²) in [5.74, 6) is 0.451. The summed E-state index contributed by atoms with van der Waals surface area (Å²) >= 11 is 3.39. The van der Waals surface area contributed by atoms with Crippen molar-refractivity contribution < 1.29 is 13.2 Å². The van der Waals surface area contributed by atoms with Gasteiger partial charge in [0.2, 0.25) is 0 Å². The van der Waals surface area contributed by atoms with Crippen LogP contribution in [-0.4, -0.2) is 22.9 Å². The van der Waals surface area contributed by atoms with Gasteiger partial charge in [0.1, 0.15) is 5.82 Å². The number of pyridine rings is 1. The molecule has 0 N–H and O–H groups in total. The average Bonchev–Trinajstić information content (AvgIpc) is 2.83. The maximum atomic E-state index is 12.7. The number of hydrogen-bond acceptors (Lipinski definition) is 2. The van der Waals surface area contributed by atoms with Crippen LogP contribution in [0.4, 0.5) is 19.0 Å². The van der Waals surface area contributed by atoms with Crippen molar-refractivity contribution in [1.82, 2.24) is 4.98 Å². The van der Waals surface area contributed by atoms with Crippen molar-refractivity contribution in [1.29, 1.82) is 0 Å². The normalized spacial score (nSPS) is 20.0. The molecule has 0 aromatic carbocycles. The molecule has 1 aliphatic heterocycles. The molecule has 106 valence electrons. The lowest BCUT2D eigenvalue weighted by atomic mass is 10.1. The zero-order valence-corrected chi connectivity index (χ0v) is 12.0. The number of halogens is 4. The second kappa shape index (κ2) is 6.11. The summed E-state index contributed by atoms with van der Waals surface area (Å²) in [6.45, 7) is 0.793. The third-order valence-electron chi connectivity index (χ3n) is 3.42. The van der Waals surface area contributed by atoms with E-state index >= 15 is 0 Å². The highest BCUT2D eigenvalue weighted by Gasteiger charge is 2.32. The Hall–Kier alpha value is -0.780. The molecule has 1 aromatic heterocycles. The quantitative estimate of drug-likeness (QED) is 0.764. The van der Waals surface area contributed by atoms with Crippen LogP contribution in [0.15, 0.2) is 18.3 Å². The monoisotopic (exact) mass is 336 g/mol. The molecule has 1 unspecified atom stereocenters. The van der Waals surface area contributed by atoms with Gasteiger partial charge in [-0.1, -0.05) is 15.9 Å². The molecule has 1 fully saturated rings. The molecule has 6 heteroatoms. The number of aromatic nitrogens is 1. The fourth-order valence-electron chi connectivity index (χ4n) is 2.50. The van der Waals surface area contributed by atoms with E-state index in [2.05, 4.69) is 20.9 Å². The molecule has 0 aliphatic carbocycles. The van der Waals surface area contributed by atoms with Crippen molar-refractivity contribution in [3.05, 3.63) is 23.9 Å². The fourth-order valence-corrected chi connectivity index (χ4v) is 2.83. The van der Waals surface area contributed by atoms with Gasteiger partial charge < -0.3 is 4.90 Å². The van der Waals surface area contributed by atoms with E-state index in [0.29, 0.717) is 11.9 Å². The third kappa shape index (κ3) is 3.61. The molecule has 0 amide bonds. The molecule has 0 bridgehead atoms. The summed E-state index contributed by atoms with van der Waals surface area (Å²) in [6.07, 6.45) is 1.01. The van der Waals surface area contributed by atoms with Gasteiger partial charge in [-0.3, -0.25) is 0 Å². The fraction of sp³-hybridized carbons (Fsp3) is 0.615. The van der Waals surface area contributed by atoms with Gasteiger partial charge in [0.25, 0.3) is 0 Å². The van der Waals surface area contributed by atoms with E-state index in [4.69, 9.17) is 0 Å². The number of rotatable bonds is 4. The summed E-state index contributed by atoms with van der Waals surface area (Å²) in [7, 11) is 0. The first kappa shape index (κ1) is 14.6. The molecule has 1 aliphatic rings. The maximum Gasteiger partial charge on any atom is 0.416 e. The first-order valence-electron chi connectivity index (χ1n) is 6.38. The Bertz CT molecular complexity index is 423. The largest absolute Gasteiger partial charge is 0.416 e. The lowest BCUT2D eigenvalue weighted by Gasteiger charge is -2.26. The van der Waals surface area contributed by atoms with E-state index in [1.807, 2.05) is 4.90 Å². The molecule has 0 saturated carbocycles. The van der Waals surface area contributed by atoms with Crippen molar-refractivity contribution in [3.8, 4) is 0 Å². The summed E-state index contributed by atoms with van der Waals surface area (Å²) in [5, 5.41) is 0.924. The topological polar surface area (TPSA) is 16.1 Å². The van der Waals surface area contributed by atoms with E-state index in [1.165, 1.54) is 6.20 Å². The zero-order chi connectivity index (χ0) is 13.9. The number of nitrogens with zero attached hydrogens (tertiary/aromatic N) is 2. The molecular formula is C13H16BrF3N2. The lowest BCUT2D eigenvalue weighted by Crippen LogP contribution is -2.30. The lowest BCUT2D eigenvalue weighted by molar-refractivity contribution is -0.137. The van der Waals surface area contributed by atoms with Gasteiger partial charge in [-0.25, -0.2) is 4.98 Å². The maximum absolute atomic E-state index is 12.7. The molecule has 0 spiro atoms. The standard InChI is InChI=1S/C13H16BrF3N2/c14-6-1-3-11-4-2-8-19(11)12-9-10(5-7-18-12)13(15,16)17/h5,7,9,11H,1-4,6,8H2. The molecule has 2 nitrogen and oxygen atoms in total. The highest BCUT2D eigenvalue weighted by atomic mass is 79.9. The van der Waals surface area contributed by atoms with Crippen molar-refractivity contribution in [2.24, 2.45) is 0 Å². The second-order valence-electron chi connectivity index (χ2n) is 4.72. The molecule has 2 rings (SSSR count). The summed E-state index contributed by atoms with van der Waals surface area (Å²) in [6, 6.07) is 2.49. The number of anilines is 1. The molecular weight excluding hydrogens is 321 g/mol. The van der Waals surface area contributed by atoms with E-state index in [1.54, 1.807) is 0 Å². The first-order valence-corrected chi connectivity index (χ1v) is 7.50. The molecule has 1 aromatic rings. The van der Waals surface area contributed by atoms with E-state index in [-0.39, 0.29) is 0 Å². The van der Waals surface area contributed by atoms with E-state index < -0.39 is 11.7 Å². The summed E-state index contributed by atoms with van der Waals surface area (Å²) in [4.78, 5) is 6.12. The first-order chi connectivity index (χ1) is 9.02. The Morgan fingerprint density at radius 3 is 2.89 bits per heavy atom. The van der Waals surface area contributed by atoms with Crippen LogP contribution in [0.5, 0.6) is 0 Å². The number of hydrogen-bond donors (Lipinski definition) is 0. The van der Waals surface area contributed by atoms with Crippen molar-refractivity contribution >= 4 is 21.7 Å². The van der Waals surface area contributed by atoms with Gasteiger partial charge in [-0.15, -0.1) is 0 Å². The summed E-state index contributed by atoms with van der Waals surface area (Å²) in [5.41, 5.74) is -0.622. The summed E-state index contributed by atoms with van der Waals surface area (Å²) < 4.78 is 38.1.